The molecule has 0 aliphatic heterocycles. The fourth-order valence-electron chi connectivity index (χ4n) is 2.79. The number of aryl methyl sites for hydroxylation is 2. The molecule has 0 saturated heterocycles. The largest absolute Gasteiger partial charge is 0.465 e. The van der Waals surface area contributed by atoms with Crippen LogP contribution in [0.3, 0.4) is 0 Å². The first-order valence-corrected chi connectivity index (χ1v) is 12.4. The highest BCUT2D eigenvalue weighted by atomic mass is 32.2. The lowest BCUT2D eigenvalue weighted by Crippen LogP contribution is -2.20. The van der Waals surface area contributed by atoms with Gasteiger partial charge in [-0.1, -0.05) is 24.6 Å². The Morgan fingerprint density at radius 1 is 1.03 bits per heavy atom. The number of hydrogen-bond acceptors (Lipinski definition) is 6. The van der Waals surface area contributed by atoms with Gasteiger partial charge in [0, 0.05) is 16.3 Å². The van der Waals surface area contributed by atoms with Crippen molar-refractivity contribution in [1.82, 2.24) is 0 Å². The van der Waals surface area contributed by atoms with E-state index in [1.54, 1.807) is 54.6 Å². The van der Waals surface area contributed by atoms with E-state index in [9.17, 15) is 13.2 Å². The fraction of sp³-hybridized carbons (Fsp3) is 0.182. The zero-order valence-electron chi connectivity index (χ0n) is 17.8. The van der Waals surface area contributed by atoms with Crippen molar-refractivity contribution >= 4 is 61.0 Å². The van der Waals surface area contributed by atoms with E-state index >= 15 is 0 Å². The van der Waals surface area contributed by atoms with Crippen LogP contribution in [0, 0.1) is 6.92 Å². The Balaban J connectivity index is 1.66. The summed E-state index contributed by atoms with van der Waals surface area (Å²) < 4.78 is 32.4. The SMILES string of the molecule is CCc1cc(C(=O)OC)c(NC(=S)Nc2ccc(NS(=O)(=O)c3ccc(C)cc3)cc2)s1. The van der Waals surface area contributed by atoms with Gasteiger partial charge in [-0.15, -0.1) is 11.3 Å². The molecule has 0 saturated carbocycles. The van der Waals surface area contributed by atoms with E-state index in [0.29, 0.717) is 27.1 Å². The van der Waals surface area contributed by atoms with Gasteiger partial charge in [0.25, 0.3) is 10.0 Å². The average Bonchev–Trinajstić information content (AvgIpc) is 3.17. The minimum Gasteiger partial charge on any atom is -0.465 e. The van der Waals surface area contributed by atoms with Gasteiger partial charge in [0.05, 0.1) is 17.6 Å². The number of rotatable bonds is 7. The number of esters is 1. The molecule has 0 amide bonds. The molecule has 1 aromatic heterocycles. The Hall–Kier alpha value is -2.95. The molecule has 3 rings (SSSR count). The monoisotopic (exact) mass is 489 g/mol. The first kappa shape index (κ1) is 23.7. The van der Waals surface area contributed by atoms with Crippen molar-refractivity contribution in [1.29, 1.82) is 0 Å². The zero-order valence-corrected chi connectivity index (χ0v) is 20.2. The summed E-state index contributed by atoms with van der Waals surface area (Å²) in [5.41, 5.74) is 2.50. The smallest absolute Gasteiger partial charge is 0.340 e. The van der Waals surface area contributed by atoms with Crippen molar-refractivity contribution in [3.63, 3.8) is 0 Å². The summed E-state index contributed by atoms with van der Waals surface area (Å²) in [5.74, 6) is -0.434. The Kier molecular flexibility index (Phi) is 7.49. The Morgan fingerprint density at radius 3 is 2.25 bits per heavy atom. The van der Waals surface area contributed by atoms with Crippen molar-refractivity contribution in [2.75, 3.05) is 22.5 Å². The van der Waals surface area contributed by atoms with Crippen LogP contribution in [0.2, 0.25) is 0 Å². The van der Waals surface area contributed by atoms with Crippen LogP contribution in [0.25, 0.3) is 0 Å². The molecule has 0 aliphatic carbocycles. The van der Waals surface area contributed by atoms with Gasteiger partial charge in [0.2, 0.25) is 0 Å². The van der Waals surface area contributed by atoms with Crippen molar-refractivity contribution in [3.05, 3.63) is 70.6 Å². The van der Waals surface area contributed by atoms with Crippen LogP contribution in [0.15, 0.2) is 59.5 Å². The Bertz CT molecular complexity index is 1220. The maximum atomic E-state index is 12.5. The number of thiocarbonyl (C=S) groups is 1. The molecule has 2 aromatic carbocycles. The van der Waals surface area contributed by atoms with E-state index in [-0.39, 0.29) is 4.90 Å². The van der Waals surface area contributed by atoms with Crippen molar-refractivity contribution < 1.29 is 17.9 Å². The predicted molar refractivity (Wildman–Crippen MR) is 133 cm³/mol. The molecule has 168 valence electrons. The van der Waals surface area contributed by atoms with Gasteiger partial charge < -0.3 is 15.4 Å². The van der Waals surface area contributed by atoms with Gasteiger partial charge in [-0.3, -0.25) is 4.72 Å². The molecular weight excluding hydrogens is 466 g/mol. The lowest BCUT2D eigenvalue weighted by molar-refractivity contribution is 0.0602. The molecule has 0 bridgehead atoms. The molecule has 3 N–H and O–H groups in total. The summed E-state index contributed by atoms with van der Waals surface area (Å²) in [4.78, 5) is 13.2. The molecule has 7 nitrogen and oxygen atoms in total. The normalized spacial score (nSPS) is 11.0. The predicted octanol–water partition coefficient (Wildman–Crippen LogP) is 5.02. The number of nitrogens with one attached hydrogen (secondary N) is 3. The minimum absolute atomic E-state index is 0.194. The summed E-state index contributed by atoms with van der Waals surface area (Å²) in [6.07, 6.45) is 0.788. The molecule has 1 heterocycles. The number of hydrogen-bond donors (Lipinski definition) is 3. The lowest BCUT2D eigenvalue weighted by atomic mass is 10.2. The van der Waals surface area contributed by atoms with Gasteiger partial charge in [-0.05, 0) is 68.0 Å². The minimum atomic E-state index is -3.67. The van der Waals surface area contributed by atoms with E-state index < -0.39 is 16.0 Å². The summed E-state index contributed by atoms with van der Waals surface area (Å²) >= 11 is 6.80. The molecular formula is C22H23N3O4S3. The highest BCUT2D eigenvalue weighted by Gasteiger charge is 2.17. The van der Waals surface area contributed by atoms with Crippen LogP contribution in [-0.2, 0) is 21.2 Å². The van der Waals surface area contributed by atoms with Gasteiger partial charge in [-0.25, -0.2) is 13.2 Å². The summed E-state index contributed by atoms with van der Waals surface area (Å²) in [7, 11) is -2.34. The van der Waals surface area contributed by atoms with Crippen LogP contribution in [-0.4, -0.2) is 26.6 Å². The van der Waals surface area contributed by atoms with E-state index in [1.165, 1.54) is 18.4 Å². The Morgan fingerprint density at radius 2 is 1.66 bits per heavy atom. The summed E-state index contributed by atoms with van der Waals surface area (Å²) in [6.45, 7) is 3.90. The molecule has 0 unspecified atom stereocenters. The molecule has 10 heteroatoms. The van der Waals surface area contributed by atoms with E-state index in [2.05, 4.69) is 15.4 Å². The van der Waals surface area contributed by atoms with Gasteiger partial charge in [0.15, 0.2) is 5.11 Å². The number of benzene rings is 2. The van der Waals surface area contributed by atoms with Crippen LogP contribution < -0.4 is 15.4 Å². The number of ether oxygens (including phenoxy) is 1. The third kappa shape index (κ3) is 5.84. The second-order valence-corrected chi connectivity index (χ2v) is 10.1. The number of carbonyl (C=O) groups excluding carboxylic acids is 1. The van der Waals surface area contributed by atoms with Crippen molar-refractivity contribution in [2.24, 2.45) is 0 Å². The fourth-order valence-corrected chi connectivity index (χ4v) is 5.12. The molecule has 3 aromatic rings. The second-order valence-electron chi connectivity index (χ2n) is 6.88. The number of carbonyl (C=O) groups is 1. The Labute approximate surface area is 196 Å². The molecule has 0 atom stereocenters. The highest BCUT2D eigenvalue weighted by molar-refractivity contribution is 7.92. The second kappa shape index (κ2) is 10.1. The quantitative estimate of drug-likeness (QED) is 0.317. The van der Waals surface area contributed by atoms with Gasteiger partial charge in [-0.2, -0.15) is 0 Å². The summed E-state index contributed by atoms with van der Waals surface area (Å²) in [6, 6.07) is 15.1. The van der Waals surface area contributed by atoms with Crippen LogP contribution in [0.1, 0.15) is 27.7 Å². The standard InChI is InChI=1S/C22H23N3O4S3/c1-4-17-13-19(21(26)29-3)20(31-17)24-22(30)23-15-7-9-16(10-8-15)25-32(27,28)18-11-5-14(2)6-12-18/h5-13,25H,4H2,1-3H3,(H2,23,24,30). The first-order chi connectivity index (χ1) is 15.2. The molecule has 32 heavy (non-hydrogen) atoms. The van der Waals surface area contributed by atoms with Crippen LogP contribution >= 0.6 is 23.6 Å². The molecule has 0 fully saturated rings. The third-order valence-electron chi connectivity index (χ3n) is 4.49. The topological polar surface area (TPSA) is 96.5 Å². The van der Waals surface area contributed by atoms with Gasteiger partial charge >= 0.3 is 5.97 Å². The maximum absolute atomic E-state index is 12.5. The maximum Gasteiger partial charge on any atom is 0.340 e. The van der Waals surface area contributed by atoms with Gasteiger partial charge in [0.1, 0.15) is 5.00 Å². The zero-order chi connectivity index (χ0) is 23.3. The van der Waals surface area contributed by atoms with Crippen molar-refractivity contribution in [3.8, 4) is 0 Å². The molecule has 0 spiro atoms. The number of anilines is 3. The van der Waals surface area contributed by atoms with Crippen LogP contribution in [0.5, 0.6) is 0 Å². The number of methoxy groups -OCH3 is 1. The van der Waals surface area contributed by atoms with Crippen molar-refractivity contribution in [2.45, 2.75) is 25.2 Å². The van der Waals surface area contributed by atoms with E-state index in [1.807, 2.05) is 13.8 Å². The average molecular weight is 490 g/mol. The number of sulfonamides is 1. The highest BCUT2D eigenvalue weighted by Crippen LogP contribution is 2.29. The first-order valence-electron chi connectivity index (χ1n) is 9.70. The summed E-state index contributed by atoms with van der Waals surface area (Å²) in [5, 5.41) is 6.97. The van der Waals surface area contributed by atoms with E-state index in [4.69, 9.17) is 17.0 Å². The lowest BCUT2D eigenvalue weighted by Gasteiger charge is -2.12. The number of thiophene rings is 1. The van der Waals surface area contributed by atoms with E-state index in [0.717, 1.165) is 16.9 Å². The molecule has 0 radical (unpaired) electrons. The van der Waals surface area contributed by atoms with Crippen LogP contribution in [0.4, 0.5) is 16.4 Å². The third-order valence-corrected chi connectivity index (χ3v) is 7.29. The molecule has 0 aliphatic rings.